The second-order valence-electron chi connectivity index (χ2n) is 5.77. The van der Waals surface area contributed by atoms with E-state index < -0.39 is 23.7 Å². The van der Waals surface area contributed by atoms with Crippen LogP contribution in [-0.4, -0.2) is 23.9 Å². The summed E-state index contributed by atoms with van der Waals surface area (Å²) in [7, 11) is 1.53. The van der Waals surface area contributed by atoms with Crippen molar-refractivity contribution in [3.8, 4) is 0 Å². The number of nitrogens with two attached hydrogens (primary N) is 1. The van der Waals surface area contributed by atoms with E-state index in [1.54, 1.807) is 24.3 Å². The van der Waals surface area contributed by atoms with E-state index in [-0.39, 0.29) is 13.1 Å². The van der Waals surface area contributed by atoms with Crippen LogP contribution in [0.4, 0.5) is 18.0 Å². The zero-order valence-corrected chi connectivity index (χ0v) is 14.0. The Kier molecular flexibility index (Phi) is 5.86. The minimum Gasteiger partial charge on any atom is -0.366 e. The molecule has 0 aliphatic carbocycles. The zero-order valence-electron chi connectivity index (χ0n) is 14.0. The fourth-order valence-corrected chi connectivity index (χ4v) is 2.29. The van der Waals surface area contributed by atoms with Crippen LogP contribution in [0, 0.1) is 0 Å². The van der Waals surface area contributed by atoms with Gasteiger partial charge in [0.05, 0.1) is 5.56 Å². The number of primary amides is 1. The Labute approximate surface area is 148 Å². The first kappa shape index (κ1) is 19.3. The van der Waals surface area contributed by atoms with Gasteiger partial charge in [0.15, 0.2) is 0 Å². The van der Waals surface area contributed by atoms with Crippen molar-refractivity contribution in [3.63, 3.8) is 0 Å². The number of alkyl halides is 3. The summed E-state index contributed by atoms with van der Waals surface area (Å²) in [6.45, 7) is 0.350. The second-order valence-corrected chi connectivity index (χ2v) is 5.77. The largest absolute Gasteiger partial charge is 0.416 e. The van der Waals surface area contributed by atoms with Crippen molar-refractivity contribution >= 4 is 11.9 Å². The molecular weight excluding hydrogens is 347 g/mol. The van der Waals surface area contributed by atoms with Crippen molar-refractivity contribution in [1.29, 1.82) is 0 Å². The number of amides is 3. The number of nitrogens with zero attached hydrogens (tertiary/aromatic N) is 1. The molecule has 0 spiro atoms. The summed E-state index contributed by atoms with van der Waals surface area (Å²) in [5.74, 6) is -0.558. The number of halogens is 3. The maximum absolute atomic E-state index is 12.5. The summed E-state index contributed by atoms with van der Waals surface area (Å²) in [6.07, 6.45) is -4.39. The minimum absolute atomic E-state index is 0.158. The smallest absolute Gasteiger partial charge is 0.366 e. The molecule has 2 rings (SSSR count). The van der Waals surface area contributed by atoms with Crippen LogP contribution in [0.3, 0.4) is 0 Å². The Hall–Kier alpha value is -3.03. The van der Waals surface area contributed by atoms with Gasteiger partial charge >= 0.3 is 12.2 Å². The Morgan fingerprint density at radius 3 is 2.31 bits per heavy atom. The first-order valence-corrected chi connectivity index (χ1v) is 7.70. The van der Waals surface area contributed by atoms with Crippen LogP contribution >= 0.6 is 0 Å². The van der Waals surface area contributed by atoms with Crippen LogP contribution in [0.5, 0.6) is 0 Å². The van der Waals surface area contributed by atoms with E-state index in [1.165, 1.54) is 24.1 Å². The molecule has 0 atom stereocenters. The summed E-state index contributed by atoms with van der Waals surface area (Å²) < 4.78 is 37.6. The van der Waals surface area contributed by atoms with E-state index in [2.05, 4.69) is 5.32 Å². The predicted octanol–water partition coefficient (Wildman–Crippen LogP) is 3.15. The quantitative estimate of drug-likeness (QED) is 0.854. The molecule has 2 aromatic carbocycles. The molecule has 0 bridgehead atoms. The molecule has 0 saturated carbocycles. The maximum atomic E-state index is 12.5. The topological polar surface area (TPSA) is 75.4 Å². The van der Waals surface area contributed by atoms with E-state index in [4.69, 9.17) is 5.73 Å². The highest BCUT2D eigenvalue weighted by Gasteiger charge is 2.29. The van der Waals surface area contributed by atoms with Gasteiger partial charge in [-0.05, 0) is 35.4 Å². The summed E-state index contributed by atoms with van der Waals surface area (Å²) in [5, 5.41) is 2.68. The normalized spacial score (nSPS) is 11.1. The molecule has 0 unspecified atom stereocenters. The summed E-state index contributed by atoms with van der Waals surface area (Å²) in [4.78, 5) is 24.6. The van der Waals surface area contributed by atoms with Gasteiger partial charge in [-0.1, -0.05) is 24.3 Å². The van der Waals surface area contributed by atoms with Gasteiger partial charge in [-0.3, -0.25) is 4.79 Å². The second kappa shape index (κ2) is 7.90. The lowest BCUT2D eigenvalue weighted by Crippen LogP contribution is -2.36. The third kappa shape index (κ3) is 5.23. The third-order valence-corrected chi connectivity index (χ3v) is 3.70. The Morgan fingerprint density at radius 2 is 1.73 bits per heavy atom. The number of benzene rings is 2. The molecule has 0 aromatic heterocycles. The van der Waals surface area contributed by atoms with Gasteiger partial charge in [-0.25, -0.2) is 4.79 Å². The van der Waals surface area contributed by atoms with Crippen molar-refractivity contribution in [1.82, 2.24) is 10.2 Å². The number of rotatable bonds is 5. The van der Waals surface area contributed by atoms with E-state index in [0.717, 1.165) is 12.1 Å². The van der Waals surface area contributed by atoms with Crippen LogP contribution < -0.4 is 11.1 Å². The Bertz CT molecular complexity index is 789. The number of nitrogens with one attached hydrogen (secondary N) is 1. The van der Waals surface area contributed by atoms with E-state index in [1.807, 2.05) is 0 Å². The molecule has 138 valence electrons. The van der Waals surface area contributed by atoms with Gasteiger partial charge in [0, 0.05) is 25.7 Å². The lowest BCUT2D eigenvalue weighted by atomic mass is 10.1. The molecule has 26 heavy (non-hydrogen) atoms. The fourth-order valence-electron chi connectivity index (χ4n) is 2.29. The minimum atomic E-state index is -4.39. The van der Waals surface area contributed by atoms with Gasteiger partial charge < -0.3 is 16.0 Å². The highest BCUT2D eigenvalue weighted by Crippen LogP contribution is 2.29. The number of hydrogen-bond donors (Lipinski definition) is 2. The molecule has 3 amide bonds. The van der Waals surface area contributed by atoms with Crippen LogP contribution in [-0.2, 0) is 19.3 Å². The lowest BCUT2D eigenvalue weighted by Gasteiger charge is -2.18. The maximum Gasteiger partial charge on any atom is 0.416 e. The highest BCUT2D eigenvalue weighted by atomic mass is 19.4. The van der Waals surface area contributed by atoms with E-state index in [0.29, 0.717) is 16.7 Å². The molecule has 0 aliphatic heterocycles. The molecule has 0 fully saturated rings. The van der Waals surface area contributed by atoms with Crippen LogP contribution in [0.15, 0.2) is 48.5 Å². The van der Waals surface area contributed by atoms with Crippen molar-refractivity contribution in [2.45, 2.75) is 19.3 Å². The first-order valence-electron chi connectivity index (χ1n) is 7.70. The SMILES string of the molecule is CN(Cc1ccc(C(F)(F)F)cc1)C(=O)NCc1cccc(C(N)=O)c1. The van der Waals surface area contributed by atoms with Crippen LogP contribution in [0.25, 0.3) is 0 Å². The Balaban J connectivity index is 1.91. The van der Waals surface area contributed by atoms with E-state index in [9.17, 15) is 22.8 Å². The van der Waals surface area contributed by atoms with Gasteiger partial charge in [-0.2, -0.15) is 13.2 Å². The molecular formula is C18H18F3N3O2. The van der Waals surface area contributed by atoms with Crippen molar-refractivity contribution < 1.29 is 22.8 Å². The summed E-state index contributed by atoms with van der Waals surface area (Å²) in [6, 6.07) is 10.8. The van der Waals surface area contributed by atoms with Crippen LogP contribution in [0.1, 0.15) is 27.0 Å². The predicted molar refractivity (Wildman–Crippen MR) is 90.1 cm³/mol. The molecule has 0 aliphatic rings. The lowest BCUT2D eigenvalue weighted by molar-refractivity contribution is -0.137. The number of carbonyl (C=O) groups is 2. The number of urea groups is 1. The van der Waals surface area contributed by atoms with E-state index >= 15 is 0 Å². The number of hydrogen-bond acceptors (Lipinski definition) is 2. The molecule has 0 saturated heterocycles. The molecule has 0 radical (unpaired) electrons. The third-order valence-electron chi connectivity index (χ3n) is 3.70. The van der Waals surface area contributed by atoms with Gasteiger partial charge in [-0.15, -0.1) is 0 Å². The molecule has 0 heterocycles. The monoisotopic (exact) mass is 365 g/mol. The highest BCUT2D eigenvalue weighted by molar-refractivity contribution is 5.92. The first-order chi connectivity index (χ1) is 12.2. The molecule has 5 nitrogen and oxygen atoms in total. The van der Waals surface area contributed by atoms with Gasteiger partial charge in [0.25, 0.3) is 0 Å². The zero-order chi connectivity index (χ0) is 19.3. The van der Waals surface area contributed by atoms with Crippen molar-refractivity contribution in [2.24, 2.45) is 5.73 Å². The fraction of sp³-hybridized carbons (Fsp3) is 0.222. The molecule has 2 aromatic rings. The molecule has 3 N–H and O–H groups in total. The average molecular weight is 365 g/mol. The van der Waals surface area contributed by atoms with Crippen molar-refractivity contribution in [2.75, 3.05) is 7.05 Å². The summed E-state index contributed by atoms with van der Waals surface area (Å²) >= 11 is 0. The van der Waals surface area contributed by atoms with Crippen molar-refractivity contribution in [3.05, 3.63) is 70.8 Å². The summed E-state index contributed by atoms with van der Waals surface area (Å²) in [5.41, 5.74) is 6.10. The molecule has 8 heteroatoms. The Morgan fingerprint density at radius 1 is 1.08 bits per heavy atom. The van der Waals surface area contributed by atoms with Gasteiger partial charge in [0.1, 0.15) is 0 Å². The number of carbonyl (C=O) groups excluding carboxylic acids is 2. The van der Waals surface area contributed by atoms with Crippen LogP contribution in [0.2, 0.25) is 0 Å². The average Bonchev–Trinajstić information content (AvgIpc) is 2.59. The van der Waals surface area contributed by atoms with Gasteiger partial charge in [0.2, 0.25) is 5.91 Å². The standard InChI is InChI=1S/C18H18F3N3O2/c1-24(11-12-5-7-15(8-6-12)18(19,20)21)17(26)23-10-13-3-2-4-14(9-13)16(22)25/h2-9H,10-11H2,1H3,(H2,22,25)(H,23,26).